The van der Waals surface area contributed by atoms with Crippen molar-refractivity contribution < 1.29 is 9.53 Å². The standard InChI is InChI=1S/C20H23N3O2/c1-20(2,3)18-13-17(22-23-18)19(24)21-10-11-25-16-9-8-14-6-4-5-7-15(14)12-16/h4-9,12-13H,10-11H2,1-3H3,(H,21,24)(H,22,23). The van der Waals surface area contributed by atoms with Gasteiger partial charge in [-0.25, -0.2) is 0 Å². The van der Waals surface area contributed by atoms with Crippen LogP contribution in [0.2, 0.25) is 0 Å². The van der Waals surface area contributed by atoms with Crippen LogP contribution in [0.15, 0.2) is 48.5 Å². The van der Waals surface area contributed by atoms with Crippen LogP contribution in [0.25, 0.3) is 10.8 Å². The molecule has 2 aromatic carbocycles. The van der Waals surface area contributed by atoms with E-state index in [0.29, 0.717) is 18.8 Å². The Morgan fingerprint density at radius 2 is 1.88 bits per heavy atom. The molecule has 0 aliphatic rings. The number of rotatable bonds is 5. The number of aromatic amines is 1. The van der Waals surface area contributed by atoms with Crippen LogP contribution in [0.4, 0.5) is 0 Å². The molecular weight excluding hydrogens is 314 g/mol. The van der Waals surface area contributed by atoms with Gasteiger partial charge in [-0.15, -0.1) is 0 Å². The fourth-order valence-corrected chi connectivity index (χ4v) is 2.50. The fraction of sp³-hybridized carbons (Fsp3) is 0.300. The van der Waals surface area contributed by atoms with Gasteiger partial charge in [-0.1, -0.05) is 51.1 Å². The zero-order chi connectivity index (χ0) is 17.9. The third-order valence-corrected chi connectivity index (χ3v) is 4.00. The van der Waals surface area contributed by atoms with Crippen molar-refractivity contribution >= 4 is 16.7 Å². The number of carbonyl (C=O) groups excluding carboxylic acids is 1. The van der Waals surface area contributed by atoms with Gasteiger partial charge in [0.15, 0.2) is 0 Å². The molecule has 0 atom stereocenters. The molecule has 3 aromatic rings. The molecule has 3 rings (SSSR count). The van der Waals surface area contributed by atoms with Crippen molar-refractivity contribution in [3.8, 4) is 5.75 Å². The molecule has 0 saturated carbocycles. The minimum atomic E-state index is -0.200. The number of amides is 1. The predicted octanol–water partition coefficient (Wildman–Crippen LogP) is 3.67. The molecule has 5 nitrogen and oxygen atoms in total. The van der Waals surface area contributed by atoms with Gasteiger partial charge >= 0.3 is 0 Å². The highest BCUT2D eigenvalue weighted by Crippen LogP contribution is 2.21. The van der Waals surface area contributed by atoms with E-state index in [2.05, 4.69) is 42.4 Å². The van der Waals surface area contributed by atoms with E-state index < -0.39 is 0 Å². The van der Waals surface area contributed by atoms with Crippen LogP contribution < -0.4 is 10.1 Å². The number of carbonyl (C=O) groups is 1. The molecule has 1 aromatic heterocycles. The normalized spacial score (nSPS) is 11.5. The maximum Gasteiger partial charge on any atom is 0.271 e. The lowest BCUT2D eigenvalue weighted by atomic mass is 9.92. The van der Waals surface area contributed by atoms with Crippen molar-refractivity contribution in [1.82, 2.24) is 15.5 Å². The van der Waals surface area contributed by atoms with Crippen molar-refractivity contribution in [3.05, 3.63) is 59.9 Å². The molecule has 130 valence electrons. The third kappa shape index (κ3) is 4.18. The minimum Gasteiger partial charge on any atom is -0.492 e. The Balaban J connectivity index is 1.50. The SMILES string of the molecule is CC(C)(C)c1cc(C(=O)NCCOc2ccc3ccccc3c2)n[nH]1. The molecule has 0 spiro atoms. The number of hydrogen-bond donors (Lipinski definition) is 2. The monoisotopic (exact) mass is 337 g/mol. The summed E-state index contributed by atoms with van der Waals surface area (Å²) >= 11 is 0. The van der Waals surface area contributed by atoms with Crippen LogP contribution in [-0.4, -0.2) is 29.3 Å². The van der Waals surface area contributed by atoms with E-state index in [-0.39, 0.29) is 11.3 Å². The Morgan fingerprint density at radius 3 is 2.60 bits per heavy atom. The van der Waals surface area contributed by atoms with E-state index in [1.165, 1.54) is 5.39 Å². The number of nitrogens with zero attached hydrogens (tertiary/aromatic N) is 1. The van der Waals surface area contributed by atoms with Gasteiger partial charge in [0.1, 0.15) is 18.1 Å². The van der Waals surface area contributed by atoms with Crippen molar-refractivity contribution in [2.75, 3.05) is 13.2 Å². The van der Waals surface area contributed by atoms with Crippen molar-refractivity contribution in [3.63, 3.8) is 0 Å². The van der Waals surface area contributed by atoms with Crippen LogP contribution in [0, 0.1) is 0 Å². The number of fused-ring (bicyclic) bond motifs is 1. The number of aromatic nitrogens is 2. The first kappa shape index (κ1) is 17.0. The second-order valence-electron chi connectivity index (χ2n) is 7.03. The molecule has 25 heavy (non-hydrogen) atoms. The van der Waals surface area contributed by atoms with Crippen molar-refractivity contribution in [2.45, 2.75) is 26.2 Å². The average molecular weight is 337 g/mol. The van der Waals surface area contributed by atoms with Gasteiger partial charge < -0.3 is 10.1 Å². The summed E-state index contributed by atoms with van der Waals surface area (Å²) in [5.41, 5.74) is 1.27. The summed E-state index contributed by atoms with van der Waals surface area (Å²) in [5, 5.41) is 12.1. The Labute approximate surface area is 147 Å². The largest absolute Gasteiger partial charge is 0.492 e. The van der Waals surface area contributed by atoms with Gasteiger partial charge in [0.25, 0.3) is 5.91 Å². The first-order valence-electron chi connectivity index (χ1n) is 8.39. The average Bonchev–Trinajstić information content (AvgIpc) is 3.09. The number of H-pyrrole nitrogens is 1. The summed E-state index contributed by atoms with van der Waals surface area (Å²) in [6.07, 6.45) is 0. The summed E-state index contributed by atoms with van der Waals surface area (Å²) in [4.78, 5) is 12.1. The van der Waals surface area contributed by atoms with E-state index >= 15 is 0 Å². The van der Waals surface area contributed by atoms with E-state index in [0.717, 1.165) is 16.8 Å². The predicted molar refractivity (Wildman–Crippen MR) is 99.1 cm³/mol. The molecule has 1 heterocycles. The van der Waals surface area contributed by atoms with Gasteiger partial charge in [-0.3, -0.25) is 9.89 Å². The van der Waals surface area contributed by atoms with Crippen LogP contribution >= 0.6 is 0 Å². The Kier molecular flexibility index (Phi) is 4.74. The molecule has 0 aliphatic heterocycles. The highest BCUT2D eigenvalue weighted by atomic mass is 16.5. The van der Waals surface area contributed by atoms with Crippen molar-refractivity contribution in [1.29, 1.82) is 0 Å². The molecule has 0 fully saturated rings. The molecule has 1 amide bonds. The molecule has 0 unspecified atom stereocenters. The van der Waals surface area contributed by atoms with Gasteiger partial charge in [-0.2, -0.15) is 5.10 Å². The topological polar surface area (TPSA) is 67.0 Å². The van der Waals surface area contributed by atoms with Crippen LogP contribution in [0.1, 0.15) is 37.0 Å². The Morgan fingerprint density at radius 1 is 1.12 bits per heavy atom. The van der Waals surface area contributed by atoms with E-state index in [4.69, 9.17) is 4.74 Å². The minimum absolute atomic E-state index is 0.0648. The maximum atomic E-state index is 12.1. The number of benzene rings is 2. The number of hydrogen-bond acceptors (Lipinski definition) is 3. The van der Waals surface area contributed by atoms with Crippen LogP contribution in [0.5, 0.6) is 5.75 Å². The Hall–Kier alpha value is -2.82. The Bertz CT molecular complexity index is 878. The van der Waals surface area contributed by atoms with E-state index in [1.807, 2.05) is 36.4 Å². The fourth-order valence-electron chi connectivity index (χ4n) is 2.50. The molecule has 0 saturated heterocycles. The zero-order valence-corrected chi connectivity index (χ0v) is 14.8. The van der Waals surface area contributed by atoms with Gasteiger partial charge in [0.05, 0.1) is 6.54 Å². The van der Waals surface area contributed by atoms with Gasteiger partial charge in [-0.05, 0) is 29.0 Å². The summed E-state index contributed by atoms with van der Waals surface area (Å²) < 4.78 is 5.72. The lowest BCUT2D eigenvalue weighted by Crippen LogP contribution is -2.28. The zero-order valence-electron chi connectivity index (χ0n) is 14.8. The molecular formula is C20H23N3O2. The highest BCUT2D eigenvalue weighted by Gasteiger charge is 2.19. The first-order chi connectivity index (χ1) is 11.9. The molecule has 5 heteroatoms. The van der Waals surface area contributed by atoms with Crippen LogP contribution in [-0.2, 0) is 5.41 Å². The van der Waals surface area contributed by atoms with E-state index in [9.17, 15) is 4.79 Å². The lowest BCUT2D eigenvalue weighted by molar-refractivity contribution is 0.0942. The third-order valence-electron chi connectivity index (χ3n) is 4.00. The maximum absolute atomic E-state index is 12.1. The summed E-state index contributed by atoms with van der Waals surface area (Å²) in [7, 11) is 0. The van der Waals surface area contributed by atoms with Crippen molar-refractivity contribution in [2.24, 2.45) is 0 Å². The summed E-state index contributed by atoms with van der Waals surface area (Å²) in [5.74, 6) is 0.594. The summed E-state index contributed by atoms with van der Waals surface area (Å²) in [6, 6.07) is 15.9. The van der Waals surface area contributed by atoms with E-state index in [1.54, 1.807) is 6.07 Å². The number of nitrogens with one attached hydrogen (secondary N) is 2. The second kappa shape index (κ2) is 6.97. The lowest BCUT2D eigenvalue weighted by Gasteiger charge is -2.14. The van der Waals surface area contributed by atoms with Gasteiger partial charge in [0, 0.05) is 11.1 Å². The van der Waals surface area contributed by atoms with Gasteiger partial charge in [0.2, 0.25) is 0 Å². The molecule has 0 aliphatic carbocycles. The second-order valence-corrected chi connectivity index (χ2v) is 7.03. The quantitative estimate of drug-likeness (QED) is 0.698. The number of ether oxygens (including phenoxy) is 1. The first-order valence-corrected chi connectivity index (χ1v) is 8.39. The molecule has 0 radical (unpaired) electrons. The smallest absolute Gasteiger partial charge is 0.271 e. The highest BCUT2D eigenvalue weighted by molar-refractivity contribution is 5.92. The summed E-state index contributed by atoms with van der Waals surface area (Å²) in [6.45, 7) is 7.03. The van der Waals surface area contributed by atoms with Crippen LogP contribution in [0.3, 0.4) is 0 Å². The molecule has 2 N–H and O–H groups in total. The molecule has 0 bridgehead atoms.